The number of rotatable bonds is 8. The number of ether oxygens (including phenoxy) is 2. The van der Waals surface area contributed by atoms with Crippen LogP contribution < -0.4 is 11.1 Å². The molecule has 5 nitrogen and oxygen atoms in total. The molecule has 1 aliphatic heterocycles. The Morgan fingerprint density at radius 1 is 1.24 bits per heavy atom. The highest BCUT2D eigenvalue weighted by Gasteiger charge is 2.35. The summed E-state index contributed by atoms with van der Waals surface area (Å²) < 4.78 is 10.8. The van der Waals surface area contributed by atoms with Crippen molar-refractivity contribution in [3.63, 3.8) is 0 Å². The Morgan fingerprint density at radius 3 is 2.62 bits per heavy atom. The summed E-state index contributed by atoms with van der Waals surface area (Å²) in [5.74, 6) is -0.350. The summed E-state index contributed by atoms with van der Waals surface area (Å²) in [4.78, 5) is 12.2. The van der Waals surface area contributed by atoms with E-state index in [1.165, 1.54) is 11.1 Å². The second-order valence-electron chi connectivity index (χ2n) is 9.28. The Balaban J connectivity index is 1.95. The van der Waals surface area contributed by atoms with Crippen LogP contribution in [0.5, 0.6) is 0 Å². The van der Waals surface area contributed by atoms with Gasteiger partial charge in [0.25, 0.3) is 0 Å². The summed E-state index contributed by atoms with van der Waals surface area (Å²) in [6.07, 6.45) is 7.38. The molecule has 2 aliphatic rings. The molecule has 0 bridgehead atoms. The Kier molecular flexibility index (Phi) is 7.14. The van der Waals surface area contributed by atoms with Crippen LogP contribution >= 0.6 is 0 Å². The standard InChI is InChI=1S/C24H36N2O3/c1-23(2)8-6-18(7-9-23)21-16-19(4-5-20(21)22(25)27)24(10-13-29-14-11-24)17-26-12-15-28-3/h4-6,16,26H,7-15,17H2,1-3H3,(H2,25,27). The van der Waals surface area contributed by atoms with Crippen molar-refractivity contribution in [3.8, 4) is 0 Å². The summed E-state index contributed by atoms with van der Waals surface area (Å²) in [6.45, 7) is 8.52. The molecule has 1 aliphatic carbocycles. The third-order valence-electron chi connectivity index (χ3n) is 6.61. The van der Waals surface area contributed by atoms with Gasteiger partial charge in [-0.2, -0.15) is 0 Å². The van der Waals surface area contributed by atoms with E-state index >= 15 is 0 Å². The number of hydrogen-bond donors (Lipinski definition) is 2. The number of amides is 1. The fourth-order valence-electron chi connectivity index (χ4n) is 4.51. The summed E-state index contributed by atoms with van der Waals surface area (Å²) in [5.41, 5.74) is 10.3. The van der Waals surface area contributed by atoms with Gasteiger partial charge in [0, 0.05) is 44.4 Å². The highest BCUT2D eigenvalue weighted by atomic mass is 16.5. The first kappa shape index (κ1) is 22.0. The number of benzene rings is 1. The smallest absolute Gasteiger partial charge is 0.249 e. The van der Waals surface area contributed by atoms with Gasteiger partial charge < -0.3 is 20.5 Å². The van der Waals surface area contributed by atoms with Crippen LogP contribution in [0.2, 0.25) is 0 Å². The Hall–Kier alpha value is -1.69. The van der Waals surface area contributed by atoms with Gasteiger partial charge in [0.2, 0.25) is 5.91 Å². The van der Waals surface area contributed by atoms with E-state index in [0.29, 0.717) is 17.6 Å². The van der Waals surface area contributed by atoms with Crippen LogP contribution in [0.25, 0.3) is 5.57 Å². The number of primary amides is 1. The lowest BCUT2D eigenvalue weighted by molar-refractivity contribution is 0.0492. The van der Waals surface area contributed by atoms with E-state index in [9.17, 15) is 4.79 Å². The van der Waals surface area contributed by atoms with Crippen LogP contribution in [-0.2, 0) is 14.9 Å². The minimum atomic E-state index is -0.350. The Labute approximate surface area is 175 Å². The maximum atomic E-state index is 12.2. The van der Waals surface area contributed by atoms with Gasteiger partial charge in [-0.3, -0.25) is 4.79 Å². The molecule has 1 fully saturated rings. The van der Waals surface area contributed by atoms with Crippen molar-refractivity contribution in [1.82, 2.24) is 5.32 Å². The van der Waals surface area contributed by atoms with E-state index in [2.05, 4.69) is 37.4 Å². The molecule has 1 saturated heterocycles. The molecule has 0 atom stereocenters. The monoisotopic (exact) mass is 400 g/mol. The molecule has 0 aromatic heterocycles. The van der Waals surface area contributed by atoms with Crippen molar-refractivity contribution < 1.29 is 14.3 Å². The van der Waals surface area contributed by atoms with Crippen LogP contribution in [0.1, 0.15) is 67.4 Å². The quantitative estimate of drug-likeness (QED) is 0.653. The maximum absolute atomic E-state index is 12.2. The number of nitrogens with one attached hydrogen (secondary N) is 1. The van der Waals surface area contributed by atoms with E-state index < -0.39 is 0 Å². The topological polar surface area (TPSA) is 73.6 Å². The predicted molar refractivity (Wildman–Crippen MR) is 117 cm³/mol. The average molecular weight is 401 g/mol. The molecule has 1 amide bonds. The zero-order chi connectivity index (χ0) is 20.9. The molecule has 3 rings (SSSR count). The first-order valence-corrected chi connectivity index (χ1v) is 10.8. The molecule has 1 aromatic carbocycles. The van der Waals surface area contributed by atoms with Gasteiger partial charge in [0.15, 0.2) is 0 Å². The van der Waals surface area contributed by atoms with E-state index in [4.69, 9.17) is 15.2 Å². The van der Waals surface area contributed by atoms with Crippen molar-refractivity contribution in [3.05, 3.63) is 41.0 Å². The third kappa shape index (κ3) is 5.27. The van der Waals surface area contributed by atoms with Crippen LogP contribution in [0.15, 0.2) is 24.3 Å². The third-order valence-corrected chi connectivity index (χ3v) is 6.61. The van der Waals surface area contributed by atoms with Crippen molar-refractivity contribution in [2.24, 2.45) is 11.1 Å². The SMILES string of the molecule is COCCNCC1(c2ccc(C(N)=O)c(C3=CCC(C)(C)CC3)c2)CCOCC1. The van der Waals surface area contributed by atoms with E-state index in [1.54, 1.807) is 7.11 Å². The number of methoxy groups -OCH3 is 1. The van der Waals surface area contributed by atoms with Crippen LogP contribution in [0.4, 0.5) is 0 Å². The van der Waals surface area contributed by atoms with Gasteiger partial charge in [0.1, 0.15) is 0 Å². The molecular formula is C24H36N2O3. The zero-order valence-corrected chi connectivity index (χ0v) is 18.2. The van der Waals surface area contributed by atoms with Crippen LogP contribution in [0.3, 0.4) is 0 Å². The van der Waals surface area contributed by atoms with Crippen LogP contribution in [0, 0.1) is 5.41 Å². The van der Waals surface area contributed by atoms with E-state index in [1.807, 2.05) is 6.07 Å². The second kappa shape index (κ2) is 9.41. The van der Waals surface area contributed by atoms with Gasteiger partial charge >= 0.3 is 0 Å². The van der Waals surface area contributed by atoms with Gasteiger partial charge in [-0.25, -0.2) is 0 Å². The lowest BCUT2D eigenvalue weighted by Crippen LogP contribution is -2.43. The number of carbonyl (C=O) groups is 1. The van der Waals surface area contributed by atoms with E-state index in [-0.39, 0.29) is 11.3 Å². The molecule has 0 saturated carbocycles. The minimum Gasteiger partial charge on any atom is -0.383 e. The molecular weight excluding hydrogens is 364 g/mol. The summed E-state index contributed by atoms with van der Waals surface area (Å²) >= 11 is 0. The molecule has 3 N–H and O–H groups in total. The van der Waals surface area contributed by atoms with Gasteiger partial charge in [0.05, 0.1) is 6.61 Å². The molecule has 5 heteroatoms. The number of allylic oxidation sites excluding steroid dienone is 2. The van der Waals surface area contributed by atoms with Crippen molar-refractivity contribution in [1.29, 1.82) is 0 Å². The van der Waals surface area contributed by atoms with Gasteiger partial charge in [-0.05, 0) is 60.3 Å². The summed E-state index contributed by atoms with van der Waals surface area (Å²) in [7, 11) is 1.72. The Bertz CT molecular complexity index is 748. The normalized spacial score (nSPS) is 20.9. The first-order valence-electron chi connectivity index (χ1n) is 10.8. The molecule has 29 heavy (non-hydrogen) atoms. The predicted octanol–water partition coefficient (Wildman–Crippen LogP) is 3.66. The van der Waals surface area contributed by atoms with E-state index in [0.717, 1.165) is 64.0 Å². The lowest BCUT2D eigenvalue weighted by atomic mass is 9.71. The minimum absolute atomic E-state index is 0.00537. The molecule has 0 spiro atoms. The first-order chi connectivity index (χ1) is 13.9. The average Bonchev–Trinajstić information content (AvgIpc) is 2.71. The van der Waals surface area contributed by atoms with Gasteiger partial charge in [-0.15, -0.1) is 0 Å². The highest BCUT2D eigenvalue weighted by molar-refractivity contribution is 5.98. The van der Waals surface area contributed by atoms with Crippen molar-refractivity contribution in [2.75, 3.05) is 40.0 Å². The summed E-state index contributed by atoms with van der Waals surface area (Å²) in [6, 6.07) is 6.26. The fraction of sp³-hybridized carbons (Fsp3) is 0.625. The molecule has 1 aromatic rings. The molecule has 1 heterocycles. The van der Waals surface area contributed by atoms with Crippen molar-refractivity contribution in [2.45, 2.75) is 51.4 Å². The highest BCUT2D eigenvalue weighted by Crippen LogP contribution is 2.41. The molecule has 0 radical (unpaired) electrons. The molecule has 0 unspecified atom stereocenters. The number of carbonyl (C=O) groups excluding carboxylic acids is 1. The second-order valence-corrected chi connectivity index (χ2v) is 9.28. The summed E-state index contributed by atoms with van der Waals surface area (Å²) in [5, 5.41) is 3.56. The zero-order valence-electron chi connectivity index (χ0n) is 18.2. The largest absolute Gasteiger partial charge is 0.383 e. The van der Waals surface area contributed by atoms with Crippen LogP contribution in [-0.4, -0.2) is 45.9 Å². The molecule has 160 valence electrons. The lowest BCUT2D eigenvalue weighted by Gasteiger charge is -2.39. The maximum Gasteiger partial charge on any atom is 0.249 e. The number of nitrogens with two attached hydrogens (primary N) is 1. The van der Waals surface area contributed by atoms with Crippen molar-refractivity contribution >= 4 is 11.5 Å². The Morgan fingerprint density at radius 2 is 2.00 bits per heavy atom. The number of hydrogen-bond acceptors (Lipinski definition) is 4. The van der Waals surface area contributed by atoms with Gasteiger partial charge in [-0.1, -0.05) is 32.1 Å². The fourth-order valence-corrected chi connectivity index (χ4v) is 4.51.